The average Bonchev–Trinajstić information content (AvgIpc) is 2.36. The van der Waals surface area contributed by atoms with Crippen molar-refractivity contribution in [2.75, 3.05) is 0 Å². The van der Waals surface area contributed by atoms with Gasteiger partial charge in [0.15, 0.2) is 5.41 Å². The van der Waals surface area contributed by atoms with Gasteiger partial charge < -0.3 is 4.74 Å². The Labute approximate surface area is 129 Å². The highest BCUT2D eigenvalue weighted by Crippen LogP contribution is 2.39. The van der Waals surface area contributed by atoms with Crippen LogP contribution in [0.25, 0.3) is 0 Å². The van der Waals surface area contributed by atoms with E-state index in [0.717, 1.165) is 5.56 Å². The molecule has 0 amide bonds. The number of ether oxygens (including phenoxy) is 1. The van der Waals surface area contributed by atoms with Crippen molar-refractivity contribution in [3.63, 3.8) is 0 Å². The fourth-order valence-electron chi connectivity index (χ4n) is 2.17. The molecule has 1 aliphatic rings. The fourth-order valence-corrected chi connectivity index (χ4v) is 2.36. The molecule has 0 saturated heterocycles. The van der Waals surface area contributed by atoms with Crippen LogP contribution in [-0.4, -0.2) is 5.02 Å². The largest absolute Gasteiger partial charge is 0.459 e. The number of hydrogen-bond donors (Lipinski definition) is 0. The lowest BCUT2D eigenvalue weighted by Gasteiger charge is -2.30. The summed E-state index contributed by atoms with van der Waals surface area (Å²) >= 11 is 2.09. The summed E-state index contributed by atoms with van der Waals surface area (Å²) < 4.78 is 29.7. The van der Waals surface area contributed by atoms with Crippen LogP contribution in [0.3, 0.4) is 0 Å². The molecule has 0 aliphatic heterocycles. The molecule has 1 aliphatic carbocycles. The highest BCUT2D eigenvalue weighted by atomic mass is 79.9. The van der Waals surface area contributed by atoms with Crippen molar-refractivity contribution in [1.82, 2.24) is 0 Å². The molecule has 21 heavy (non-hydrogen) atoms. The predicted molar refractivity (Wildman–Crippen MR) is 75.6 cm³/mol. The minimum Gasteiger partial charge on any atom is -0.424 e. The zero-order valence-electron chi connectivity index (χ0n) is 10.9. The predicted octanol–water partition coefficient (Wildman–Crippen LogP) is 4.16. The number of benzene rings is 1. The summed E-state index contributed by atoms with van der Waals surface area (Å²) in [7, 11) is 0. The molecule has 6 heteroatoms. The van der Waals surface area contributed by atoms with Crippen LogP contribution in [0.15, 0.2) is 36.4 Å². The SMILES string of the molecule is N#CC(C#N)(Cc1ccc(OC(F)(F)Br)cc1)C1C=CC1. The molecule has 0 bridgehead atoms. The lowest BCUT2D eigenvalue weighted by Crippen LogP contribution is -2.31. The molecule has 108 valence electrons. The van der Waals surface area contributed by atoms with Crippen LogP contribution >= 0.6 is 15.9 Å². The van der Waals surface area contributed by atoms with Gasteiger partial charge in [-0.15, -0.1) is 0 Å². The molecule has 1 unspecified atom stereocenters. The second-order valence-electron chi connectivity index (χ2n) is 4.83. The number of halogens is 3. The molecular weight excluding hydrogens is 342 g/mol. The van der Waals surface area contributed by atoms with Crippen molar-refractivity contribution in [1.29, 1.82) is 10.5 Å². The molecule has 0 aromatic heterocycles. The third kappa shape index (κ3) is 3.59. The molecule has 0 N–H and O–H groups in total. The van der Waals surface area contributed by atoms with Crippen LogP contribution in [0.2, 0.25) is 0 Å². The van der Waals surface area contributed by atoms with Crippen LogP contribution in [0.4, 0.5) is 8.78 Å². The summed E-state index contributed by atoms with van der Waals surface area (Å²) in [4.78, 5) is 0. The first-order valence-electron chi connectivity index (χ1n) is 6.22. The third-order valence-electron chi connectivity index (χ3n) is 3.43. The number of nitrogens with zero attached hydrogens (tertiary/aromatic N) is 2. The van der Waals surface area contributed by atoms with Crippen LogP contribution in [0.5, 0.6) is 5.75 Å². The van der Waals surface area contributed by atoms with Crippen molar-refractivity contribution in [2.45, 2.75) is 17.9 Å². The van der Waals surface area contributed by atoms with Crippen LogP contribution in [-0.2, 0) is 6.42 Å². The summed E-state index contributed by atoms with van der Waals surface area (Å²) in [5, 5.41) is 15.3. The zero-order valence-corrected chi connectivity index (χ0v) is 12.5. The Hall–Kier alpha value is -1.92. The Morgan fingerprint density at radius 3 is 2.19 bits per heavy atom. The normalized spacial score (nSPS) is 17.5. The maximum atomic E-state index is 12.6. The van der Waals surface area contributed by atoms with Crippen molar-refractivity contribution in [2.24, 2.45) is 11.3 Å². The summed E-state index contributed by atoms with van der Waals surface area (Å²) in [6, 6.07) is 10.1. The van der Waals surface area contributed by atoms with Gasteiger partial charge in [0.2, 0.25) is 0 Å². The molecular formula is C15H11BrF2N2O. The molecule has 0 fully saturated rings. The van der Waals surface area contributed by atoms with E-state index in [1.807, 2.05) is 12.2 Å². The quantitative estimate of drug-likeness (QED) is 0.590. The first-order valence-corrected chi connectivity index (χ1v) is 7.02. The maximum Gasteiger partial charge on any atom is 0.459 e. The minimum absolute atomic E-state index is 0.00341. The lowest BCUT2D eigenvalue weighted by atomic mass is 9.68. The zero-order chi connectivity index (χ0) is 15.5. The highest BCUT2D eigenvalue weighted by Gasteiger charge is 2.40. The van der Waals surface area contributed by atoms with Gasteiger partial charge in [-0.25, -0.2) is 0 Å². The number of nitriles is 2. The lowest BCUT2D eigenvalue weighted by molar-refractivity contribution is -0.0803. The van der Waals surface area contributed by atoms with Crippen LogP contribution < -0.4 is 4.74 Å². The second-order valence-corrected chi connectivity index (χ2v) is 5.76. The molecule has 0 heterocycles. The Bertz CT molecular complexity index is 609. The van der Waals surface area contributed by atoms with Crippen molar-refractivity contribution in [3.8, 4) is 17.9 Å². The second kappa shape index (κ2) is 5.83. The van der Waals surface area contributed by atoms with Gasteiger partial charge in [-0.2, -0.15) is 19.3 Å². The van der Waals surface area contributed by atoms with Gasteiger partial charge >= 0.3 is 5.02 Å². The Kier molecular flexibility index (Phi) is 4.29. The van der Waals surface area contributed by atoms with E-state index in [2.05, 4.69) is 32.8 Å². The van der Waals surface area contributed by atoms with E-state index in [1.165, 1.54) is 12.1 Å². The van der Waals surface area contributed by atoms with Crippen LogP contribution in [0, 0.1) is 34.0 Å². The number of rotatable bonds is 5. The van der Waals surface area contributed by atoms with Gasteiger partial charge in [-0.1, -0.05) is 24.3 Å². The number of hydrogen-bond acceptors (Lipinski definition) is 3. The summed E-state index contributed by atoms with van der Waals surface area (Å²) in [5.41, 5.74) is -0.389. The molecule has 0 spiro atoms. The minimum atomic E-state index is -3.42. The average molecular weight is 353 g/mol. The van der Waals surface area contributed by atoms with Gasteiger partial charge in [-0.3, -0.25) is 0 Å². The Morgan fingerprint density at radius 1 is 1.24 bits per heavy atom. The van der Waals surface area contributed by atoms with Gasteiger partial charge in [0, 0.05) is 28.3 Å². The summed E-state index contributed by atoms with van der Waals surface area (Å²) in [5.74, 6) is -0.0843. The monoisotopic (exact) mass is 352 g/mol. The van der Waals surface area contributed by atoms with E-state index in [9.17, 15) is 19.3 Å². The van der Waals surface area contributed by atoms with Crippen molar-refractivity contribution >= 4 is 15.9 Å². The van der Waals surface area contributed by atoms with Gasteiger partial charge in [0.05, 0.1) is 12.1 Å². The summed E-state index contributed by atoms with van der Waals surface area (Å²) in [6.45, 7) is 0. The Balaban J connectivity index is 2.14. The third-order valence-corrected chi connectivity index (χ3v) is 3.59. The highest BCUT2D eigenvalue weighted by molar-refractivity contribution is 9.09. The van der Waals surface area contributed by atoms with Gasteiger partial charge in [-0.05, 0) is 24.1 Å². The molecule has 1 atom stereocenters. The number of alkyl halides is 3. The molecule has 1 aromatic rings. The smallest absolute Gasteiger partial charge is 0.424 e. The first kappa shape index (κ1) is 15.5. The molecule has 0 radical (unpaired) electrons. The van der Waals surface area contributed by atoms with Crippen molar-refractivity contribution < 1.29 is 13.5 Å². The van der Waals surface area contributed by atoms with E-state index in [4.69, 9.17) is 0 Å². The maximum absolute atomic E-state index is 12.6. The number of allylic oxidation sites excluding steroid dienone is 2. The summed E-state index contributed by atoms with van der Waals surface area (Å²) in [6.07, 6.45) is 4.73. The molecule has 0 saturated carbocycles. The van der Waals surface area contributed by atoms with Crippen molar-refractivity contribution in [3.05, 3.63) is 42.0 Å². The van der Waals surface area contributed by atoms with E-state index in [1.54, 1.807) is 12.1 Å². The van der Waals surface area contributed by atoms with Gasteiger partial charge in [0.25, 0.3) is 0 Å². The van der Waals surface area contributed by atoms with E-state index < -0.39 is 10.4 Å². The van der Waals surface area contributed by atoms with E-state index >= 15 is 0 Å². The van der Waals surface area contributed by atoms with E-state index in [0.29, 0.717) is 6.42 Å². The topological polar surface area (TPSA) is 56.8 Å². The molecule has 1 aromatic carbocycles. The van der Waals surface area contributed by atoms with E-state index in [-0.39, 0.29) is 18.1 Å². The van der Waals surface area contributed by atoms with Gasteiger partial charge in [0.1, 0.15) is 5.75 Å². The molecule has 2 rings (SSSR count). The van der Waals surface area contributed by atoms with Crippen LogP contribution in [0.1, 0.15) is 12.0 Å². The Morgan fingerprint density at radius 2 is 1.81 bits per heavy atom. The first-order chi connectivity index (χ1) is 9.88. The standard InChI is InChI=1S/C15H11BrF2N2O/c16-15(17,18)21-13-6-4-11(5-7-13)8-14(9-19,10-20)12-2-1-3-12/h1-2,4-7,12H,3,8H2. The fraction of sp³-hybridized carbons (Fsp3) is 0.333. The molecule has 3 nitrogen and oxygen atoms in total.